The van der Waals surface area contributed by atoms with Crippen LogP contribution >= 0.6 is 0 Å². The predicted octanol–water partition coefficient (Wildman–Crippen LogP) is 0.265. The van der Waals surface area contributed by atoms with Gasteiger partial charge in [-0.2, -0.15) is 0 Å². The van der Waals surface area contributed by atoms with Crippen molar-refractivity contribution in [2.24, 2.45) is 17.4 Å². The molecule has 2 aromatic carbocycles. The van der Waals surface area contributed by atoms with Gasteiger partial charge in [-0.25, -0.2) is 0 Å². The fraction of sp³-hybridized carbons (Fsp3) is 0.433. The number of aryl methyl sites for hydroxylation is 1. The van der Waals surface area contributed by atoms with Crippen molar-refractivity contribution in [3.8, 4) is 0 Å². The molecule has 41 heavy (non-hydrogen) atoms. The average Bonchev–Trinajstić information content (AvgIpc) is 2.93. The summed E-state index contributed by atoms with van der Waals surface area (Å²) in [6.45, 7) is 2.98. The maximum absolute atomic E-state index is 13.3. The lowest BCUT2D eigenvalue weighted by molar-refractivity contribution is -0.135. The van der Waals surface area contributed by atoms with Crippen LogP contribution in [0, 0.1) is 5.92 Å². The maximum atomic E-state index is 13.3. The van der Waals surface area contributed by atoms with Crippen LogP contribution in [0.5, 0.6) is 0 Å². The number of nitrogens with one attached hydrogen (secondary N) is 3. The molecule has 0 aliphatic heterocycles. The van der Waals surface area contributed by atoms with E-state index in [1.54, 1.807) is 13.8 Å². The van der Waals surface area contributed by atoms with Crippen LogP contribution in [0.3, 0.4) is 0 Å². The number of amides is 5. The molecule has 0 aliphatic carbocycles. The Hall–Kier alpha value is -4.25. The zero-order valence-corrected chi connectivity index (χ0v) is 24.0. The molecule has 0 heterocycles. The lowest BCUT2D eigenvalue weighted by Crippen LogP contribution is -2.55. The molecule has 11 nitrogen and oxygen atoms in total. The highest BCUT2D eigenvalue weighted by atomic mass is 16.2. The second-order valence-electron chi connectivity index (χ2n) is 10.5. The molecular weight excluding hydrogens is 524 g/mol. The van der Waals surface area contributed by atoms with Crippen molar-refractivity contribution in [1.82, 2.24) is 20.9 Å². The number of nitrogens with zero attached hydrogens (tertiary/aromatic N) is 1. The molecule has 0 saturated carbocycles. The Balaban J connectivity index is 1.96. The lowest BCUT2D eigenvalue weighted by atomic mass is 9.99. The van der Waals surface area contributed by atoms with E-state index in [0.717, 1.165) is 11.1 Å². The van der Waals surface area contributed by atoms with Gasteiger partial charge in [-0.05, 0) is 36.3 Å². The van der Waals surface area contributed by atoms with Gasteiger partial charge >= 0.3 is 0 Å². The molecule has 222 valence electrons. The van der Waals surface area contributed by atoms with Gasteiger partial charge in [-0.15, -0.1) is 0 Å². The molecule has 0 aliphatic rings. The molecule has 0 aromatic heterocycles. The van der Waals surface area contributed by atoms with E-state index in [9.17, 15) is 24.0 Å². The van der Waals surface area contributed by atoms with Gasteiger partial charge in [-0.1, -0.05) is 74.5 Å². The van der Waals surface area contributed by atoms with E-state index in [4.69, 9.17) is 11.5 Å². The Bertz CT molecular complexity index is 1160. The number of carbonyl (C=O) groups excluding carboxylic acids is 5. The van der Waals surface area contributed by atoms with Gasteiger partial charge in [0.15, 0.2) is 0 Å². The first-order valence-corrected chi connectivity index (χ1v) is 13.7. The summed E-state index contributed by atoms with van der Waals surface area (Å²) < 4.78 is 0. The van der Waals surface area contributed by atoms with Crippen LogP contribution in [0.15, 0.2) is 60.7 Å². The highest BCUT2D eigenvalue weighted by molar-refractivity contribution is 5.91. The van der Waals surface area contributed by atoms with E-state index < -0.39 is 41.8 Å². The first kappa shape index (κ1) is 33.0. The number of benzene rings is 2. The fourth-order valence-electron chi connectivity index (χ4n) is 4.21. The summed E-state index contributed by atoms with van der Waals surface area (Å²) in [7, 11) is 1.47. The average molecular weight is 567 g/mol. The van der Waals surface area contributed by atoms with Gasteiger partial charge < -0.3 is 32.3 Å². The van der Waals surface area contributed by atoms with Crippen LogP contribution < -0.4 is 27.4 Å². The molecule has 3 atom stereocenters. The molecule has 0 bridgehead atoms. The van der Waals surface area contributed by atoms with Gasteiger partial charge in [0.25, 0.3) is 0 Å². The number of hydrogen-bond acceptors (Lipinski definition) is 6. The van der Waals surface area contributed by atoms with Crippen LogP contribution in [0.2, 0.25) is 0 Å². The van der Waals surface area contributed by atoms with E-state index in [1.165, 1.54) is 11.9 Å². The summed E-state index contributed by atoms with van der Waals surface area (Å²) in [5, 5.41) is 8.09. The Morgan fingerprint density at radius 1 is 0.854 bits per heavy atom. The second kappa shape index (κ2) is 16.8. The van der Waals surface area contributed by atoms with E-state index >= 15 is 0 Å². The third-order valence-electron chi connectivity index (χ3n) is 6.52. The molecule has 2 rings (SSSR count). The van der Waals surface area contributed by atoms with E-state index in [2.05, 4.69) is 16.0 Å². The van der Waals surface area contributed by atoms with Gasteiger partial charge in [0, 0.05) is 19.5 Å². The van der Waals surface area contributed by atoms with Crippen molar-refractivity contribution in [3.05, 3.63) is 71.8 Å². The van der Waals surface area contributed by atoms with Crippen molar-refractivity contribution in [1.29, 1.82) is 0 Å². The van der Waals surface area contributed by atoms with Gasteiger partial charge in [-0.3, -0.25) is 24.0 Å². The normalized spacial score (nSPS) is 13.0. The Kier molecular flexibility index (Phi) is 13.5. The Labute approximate surface area is 241 Å². The summed E-state index contributed by atoms with van der Waals surface area (Å²) in [5.41, 5.74) is 13.2. The van der Waals surface area contributed by atoms with Gasteiger partial charge in [0.05, 0.1) is 19.1 Å². The van der Waals surface area contributed by atoms with E-state index in [1.807, 2.05) is 60.7 Å². The van der Waals surface area contributed by atoms with Crippen LogP contribution in [0.25, 0.3) is 0 Å². The molecule has 0 radical (unpaired) electrons. The molecule has 0 saturated heterocycles. The minimum atomic E-state index is -0.914. The highest BCUT2D eigenvalue weighted by Crippen LogP contribution is 2.10. The third-order valence-corrected chi connectivity index (χ3v) is 6.52. The monoisotopic (exact) mass is 566 g/mol. The molecule has 5 amide bonds. The second-order valence-corrected chi connectivity index (χ2v) is 10.5. The van der Waals surface area contributed by atoms with Crippen LogP contribution in [0.4, 0.5) is 0 Å². The fourth-order valence-corrected chi connectivity index (χ4v) is 4.21. The van der Waals surface area contributed by atoms with Crippen molar-refractivity contribution < 1.29 is 24.0 Å². The number of hydrogen-bond donors (Lipinski definition) is 5. The van der Waals surface area contributed by atoms with Gasteiger partial charge in [0.1, 0.15) is 6.04 Å². The molecule has 0 spiro atoms. The smallest absolute Gasteiger partial charge is 0.243 e. The minimum Gasteiger partial charge on any atom is -0.368 e. The number of rotatable bonds is 16. The van der Waals surface area contributed by atoms with Crippen LogP contribution in [-0.4, -0.2) is 72.7 Å². The Morgan fingerprint density at radius 2 is 1.44 bits per heavy atom. The van der Waals surface area contributed by atoms with Crippen molar-refractivity contribution in [2.45, 2.75) is 57.7 Å². The molecule has 2 aromatic rings. The molecule has 7 N–H and O–H groups in total. The number of likely N-dealkylation sites (N-methyl/N-ethyl adjacent to an activating group) is 1. The van der Waals surface area contributed by atoms with Crippen LogP contribution in [-0.2, 0) is 36.8 Å². The summed E-state index contributed by atoms with van der Waals surface area (Å²) in [5.74, 6) is -2.75. The van der Waals surface area contributed by atoms with Crippen molar-refractivity contribution in [3.63, 3.8) is 0 Å². The van der Waals surface area contributed by atoms with Crippen LogP contribution in [0.1, 0.15) is 37.8 Å². The number of nitrogens with two attached hydrogens (primary N) is 2. The lowest BCUT2D eigenvalue weighted by Gasteiger charge is -2.27. The zero-order chi connectivity index (χ0) is 30.4. The summed E-state index contributed by atoms with van der Waals surface area (Å²) in [6, 6.07) is 16.7. The first-order chi connectivity index (χ1) is 19.5. The van der Waals surface area contributed by atoms with Crippen molar-refractivity contribution >= 4 is 29.5 Å². The minimum absolute atomic E-state index is 0.0693. The molecule has 0 fully saturated rings. The zero-order valence-electron chi connectivity index (χ0n) is 24.0. The summed E-state index contributed by atoms with van der Waals surface area (Å²) >= 11 is 0. The van der Waals surface area contributed by atoms with Crippen molar-refractivity contribution in [2.75, 3.05) is 20.1 Å². The maximum Gasteiger partial charge on any atom is 0.243 e. The SMILES string of the molecule is CC(C)C(NC(=O)CNC(=O)[C@H](N)CCc1ccccc1)C(=O)NC(CC(=O)N(C)CC(N)=O)Cc1ccccc1. The number of carbonyl (C=O) groups is 5. The Morgan fingerprint density at radius 3 is 2.00 bits per heavy atom. The van der Waals surface area contributed by atoms with E-state index in [0.29, 0.717) is 19.3 Å². The predicted molar refractivity (Wildman–Crippen MR) is 156 cm³/mol. The first-order valence-electron chi connectivity index (χ1n) is 13.7. The molecule has 11 heteroatoms. The topological polar surface area (TPSA) is 177 Å². The van der Waals surface area contributed by atoms with E-state index in [-0.39, 0.29) is 31.3 Å². The quantitative estimate of drug-likeness (QED) is 0.195. The highest BCUT2D eigenvalue weighted by Gasteiger charge is 2.28. The molecular formula is C30H42N6O5. The number of primary amides is 1. The standard InChI is InChI=1S/C30H42N6O5/c1-20(2)28(35-26(38)18-33-29(40)24(31)15-14-21-10-6-4-7-11-21)30(41)34-23(16-22-12-8-5-9-13-22)17-27(39)36(3)19-25(32)37/h4-13,20,23-24,28H,14-19,31H2,1-3H3,(H2,32,37)(H,33,40)(H,34,41)(H,35,38)/t23?,24-,28?/m1/s1. The molecule has 2 unspecified atom stereocenters. The van der Waals surface area contributed by atoms with Gasteiger partial charge in [0.2, 0.25) is 29.5 Å². The third kappa shape index (κ3) is 12.2. The summed E-state index contributed by atoms with van der Waals surface area (Å²) in [6.07, 6.45) is 1.34. The largest absolute Gasteiger partial charge is 0.368 e. The summed E-state index contributed by atoms with van der Waals surface area (Å²) in [4.78, 5) is 63.5.